The predicted molar refractivity (Wildman–Crippen MR) is 90.2 cm³/mol. The van der Waals surface area contributed by atoms with E-state index in [0.29, 0.717) is 6.42 Å². The highest BCUT2D eigenvalue weighted by Crippen LogP contribution is 2.31. The first-order chi connectivity index (χ1) is 12.8. The van der Waals surface area contributed by atoms with E-state index in [2.05, 4.69) is 18.9 Å². The Kier molecular flexibility index (Phi) is 10.6. The standard InChI is InChI=1S/C17H28O10/c1-24-12(20)16(10-18,13(21)25-2)8-6-5-7-9-17(11-19,14(22)26-3)15(23)27-4/h18-19H,5-11H2,1-4H3. The molecule has 2 N–H and O–H groups in total. The summed E-state index contributed by atoms with van der Waals surface area (Å²) < 4.78 is 18.4. The summed E-state index contributed by atoms with van der Waals surface area (Å²) in [6, 6.07) is 0. The van der Waals surface area contributed by atoms with Crippen LogP contribution in [0.15, 0.2) is 0 Å². The Hall–Kier alpha value is -2.20. The van der Waals surface area contributed by atoms with Crippen LogP contribution in [0.25, 0.3) is 0 Å². The Balaban J connectivity index is 5.02. The highest BCUT2D eigenvalue weighted by Gasteiger charge is 2.49. The van der Waals surface area contributed by atoms with Crippen LogP contribution in [0, 0.1) is 10.8 Å². The number of ether oxygens (including phenoxy) is 4. The number of aliphatic hydroxyl groups excluding tert-OH is 2. The normalized spacial score (nSPS) is 11.5. The number of hydrogen-bond donors (Lipinski definition) is 2. The van der Waals surface area contributed by atoms with Crippen molar-refractivity contribution in [3.8, 4) is 0 Å². The first kappa shape index (κ1) is 24.8. The van der Waals surface area contributed by atoms with Crippen LogP contribution in [0.3, 0.4) is 0 Å². The number of carbonyl (C=O) groups excluding carboxylic acids is 4. The molecule has 0 heterocycles. The highest BCUT2D eigenvalue weighted by molar-refractivity contribution is 6.00. The topological polar surface area (TPSA) is 146 Å². The fourth-order valence-corrected chi connectivity index (χ4v) is 2.80. The lowest BCUT2D eigenvalue weighted by atomic mass is 9.80. The molecule has 10 heteroatoms. The summed E-state index contributed by atoms with van der Waals surface area (Å²) in [7, 11) is 4.38. The molecule has 0 atom stereocenters. The lowest BCUT2D eigenvalue weighted by Gasteiger charge is -2.27. The van der Waals surface area contributed by atoms with E-state index in [1.54, 1.807) is 0 Å². The van der Waals surface area contributed by atoms with Gasteiger partial charge in [0.2, 0.25) is 0 Å². The minimum absolute atomic E-state index is 0.0502. The summed E-state index contributed by atoms with van der Waals surface area (Å²) in [6.07, 6.45) is 0.853. The maximum absolute atomic E-state index is 12.0. The first-order valence-electron chi connectivity index (χ1n) is 8.31. The number of methoxy groups -OCH3 is 4. The van der Waals surface area contributed by atoms with Gasteiger partial charge in [-0.05, 0) is 12.8 Å². The molecule has 0 aromatic heterocycles. The Morgan fingerprint density at radius 1 is 0.593 bits per heavy atom. The molecule has 0 unspecified atom stereocenters. The van der Waals surface area contributed by atoms with Crippen LogP contribution in [0.1, 0.15) is 32.1 Å². The molecule has 10 nitrogen and oxygen atoms in total. The number of aliphatic hydroxyl groups is 2. The van der Waals surface area contributed by atoms with Gasteiger partial charge in [-0.2, -0.15) is 0 Å². The molecule has 0 radical (unpaired) electrons. The molecular weight excluding hydrogens is 364 g/mol. The lowest BCUT2D eigenvalue weighted by Crippen LogP contribution is -2.45. The van der Waals surface area contributed by atoms with Crippen molar-refractivity contribution in [2.75, 3.05) is 41.7 Å². The molecular formula is C17H28O10. The van der Waals surface area contributed by atoms with Crippen molar-refractivity contribution in [3.05, 3.63) is 0 Å². The summed E-state index contributed by atoms with van der Waals surface area (Å²) in [5.41, 5.74) is -3.66. The van der Waals surface area contributed by atoms with Crippen LogP contribution >= 0.6 is 0 Å². The third-order valence-electron chi connectivity index (χ3n) is 4.55. The number of unbranched alkanes of at least 4 members (excludes halogenated alkanes) is 2. The molecule has 0 aliphatic rings. The summed E-state index contributed by atoms with van der Waals surface area (Å²) in [5, 5.41) is 19.1. The van der Waals surface area contributed by atoms with Crippen molar-refractivity contribution in [2.24, 2.45) is 10.8 Å². The smallest absolute Gasteiger partial charge is 0.325 e. The maximum atomic E-state index is 12.0. The largest absolute Gasteiger partial charge is 0.468 e. The van der Waals surface area contributed by atoms with E-state index in [4.69, 9.17) is 0 Å². The minimum Gasteiger partial charge on any atom is -0.468 e. The zero-order valence-electron chi connectivity index (χ0n) is 16.1. The molecule has 0 rings (SSSR count). The van der Waals surface area contributed by atoms with Gasteiger partial charge in [-0.1, -0.05) is 19.3 Å². The van der Waals surface area contributed by atoms with Gasteiger partial charge in [-0.3, -0.25) is 19.2 Å². The van der Waals surface area contributed by atoms with Gasteiger partial charge in [0.05, 0.1) is 41.7 Å². The monoisotopic (exact) mass is 392 g/mol. The molecule has 0 spiro atoms. The Labute approximate surface area is 157 Å². The van der Waals surface area contributed by atoms with E-state index in [1.165, 1.54) is 0 Å². The second kappa shape index (κ2) is 11.5. The average molecular weight is 392 g/mol. The molecule has 0 aliphatic heterocycles. The third-order valence-corrected chi connectivity index (χ3v) is 4.55. The Bertz CT molecular complexity index is 450. The van der Waals surface area contributed by atoms with E-state index in [-0.39, 0.29) is 25.7 Å². The number of esters is 4. The summed E-state index contributed by atoms with van der Waals surface area (Å²) in [5.74, 6) is -3.65. The minimum atomic E-state index is -1.83. The van der Waals surface area contributed by atoms with Gasteiger partial charge in [0.1, 0.15) is 0 Å². The zero-order valence-corrected chi connectivity index (χ0v) is 16.1. The second-order valence-corrected chi connectivity index (χ2v) is 6.01. The molecule has 0 aliphatic carbocycles. The van der Waals surface area contributed by atoms with E-state index in [9.17, 15) is 29.4 Å². The van der Waals surface area contributed by atoms with Crippen molar-refractivity contribution < 1.29 is 48.3 Å². The maximum Gasteiger partial charge on any atom is 0.325 e. The van der Waals surface area contributed by atoms with Crippen LogP contribution < -0.4 is 0 Å². The molecule has 0 fully saturated rings. The zero-order chi connectivity index (χ0) is 21.1. The van der Waals surface area contributed by atoms with Crippen molar-refractivity contribution in [1.82, 2.24) is 0 Å². The van der Waals surface area contributed by atoms with Gasteiger partial charge in [0.25, 0.3) is 0 Å². The van der Waals surface area contributed by atoms with E-state index >= 15 is 0 Å². The van der Waals surface area contributed by atoms with Crippen LogP contribution in [-0.2, 0) is 38.1 Å². The highest BCUT2D eigenvalue weighted by atomic mass is 16.6. The summed E-state index contributed by atoms with van der Waals surface area (Å²) in [4.78, 5) is 47.8. The Morgan fingerprint density at radius 3 is 1.04 bits per heavy atom. The van der Waals surface area contributed by atoms with Gasteiger partial charge >= 0.3 is 23.9 Å². The van der Waals surface area contributed by atoms with Gasteiger partial charge in [-0.15, -0.1) is 0 Å². The second-order valence-electron chi connectivity index (χ2n) is 6.01. The summed E-state index contributed by atoms with van der Waals surface area (Å²) >= 11 is 0. The van der Waals surface area contributed by atoms with Crippen LogP contribution in [0.4, 0.5) is 0 Å². The van der Waals surface area contributed by atoms with Gasteiger partial charge in [0, 0.05) is 0 Å². The Morgan fingerprint density at radius 2 is 0.852 bits per heavy atom. The number of rotatable bonds is 12. The fraction of sp³-hybridized carbons (Fsp3) is 0.765. The predicted octanol–water partition coefficient (Wildman–Crippen LogP) is -0.414. The van der Waals surface area contributed by atoms with Gasteiger partial charge < -0.3 is 29.2 Å². The molecule has 0 aromatic carbocycles. The fourth-order valence-electron chi connectivity index (χ4n) is 2.80. The molecule has 0 saturated heterocycles. The lowest BCUT2D eigenvalue weighted by molar-refractivity contribution is -0.174. The average Bonchev–Trinajstić information content (AvgIpc) is 2.71. The van der Waals surface area contributed by atoms with Crippen molar-refractivity contribution in [3.63, 3.8) is 0 Å². The van der Waals surface area contributed by atoms with Crippen LogP contribution in [0.2, 0.25) is 0 Å². The summed E-state index contributed by atoms with van der Waals surface area (Å²) in [6.45, 7) is -1.56. The van der Waals surface area contributed by atoms with Crippen LogP contribution in [0.5, 0.6) is 0 Å². The molecule has 27 heavy (non-hydrogen) atoms. The van der Waals surface area contributed by atoms with Gasteiger partial charge in [-0.25, -0.2) is 0 Å². The van der Waals surface area contributed by atoms with E-state index < -0.39 is 47.9 Å². The van der Waals surface area contributed by atoms with Crippen molar-refractivity contribution >= 4 is 23.9 Å². The number of carbonyl (C=O) groups is 4. The van der Waals surface area contributed by atoms with Gasteiger partial charge in [0.15, 0.2) is 10.8 Å². The molecule has 0 aromatic rings. The van der Waals surface area contributed by atoms with Crippen molar-refractivity contribution in [2.45, 2.75) is 32.1 Å². The van der Waals surface area contributed by atoms with Crippen LogP contribution in [-0.4, -0.2) is 75.7 Å². The quantitative estimate of drug-likeness (QED) is 0.194. The first-order valence-corrected chi connectivity index (χ1v) is 8.31. The van der Waals surface area contributed by atoms with E-state index in [0.717, 1.165) is 28.4 Å². The third kappa shape index (κ3) is 5.39. The van der Waals surface area contributed by atoms with Crippen molar-refractivity contribution in [1.29, 1.82) is 0 Å². The molecule has 0 saturated carbocycles. The molecule has 0 bridgehead atoms. The number of hydrogen-bond acceptors (Lipinski definition) is 10. The van der Waals surface area contributed by atoms with E-state index in [1.807, 2.05) is 0 Å². The molecule has 0 amide bonds. The molecule has 156 valence electrons. The SMILES string of the molecule is COC(=O)C(CO)(CCCCCC(CO)(C(=O)OC)C(=O)OC)C(=O)OC.